The van der Waals surface area contributed by atoms with Crippen LogP contribution in [-0.2, 0) is 19.6 Å². The zero-order valence-electron chi connectivity index (χ0n) is 11.3. The third-order valence-corrected chi connectivity index (χ3v) is 6.68. The van der Waals surface area contributed by atoms with Crippen LogP contribution in [0.3, 0.4) is 0 Å². The monoisotopic (exact) mass is 285 g/mol. The van der Waals surface area contributed by atoms with E-state index in [9.17, 15) is 17.8 Å². The summed E-state index contributed by atoms with van der Waals surface area (Å²) in [6.07, 6.45) is 0.919. The predicted octanol–water partition coefficient (Wildman–Crippen LogP) is -1.61. The van der Waals surface area contributed by atoms with Crippen molar-refractivity contribution in [3.05, 3.63) is 0 Å². The summed E-state index contributed by atoms with van der Waals surface area (Å²) in [5.74, 6) is -0.324. The summed E-state index contributed by atoms with van der Waals surface area (Å²) in [6.45, 7) is 4.93. The minimum atomic E-state index is -4.25. The Morgan fingerprint density at radius 2 is 1.94 bits per heavy atom. The Labute approximate surface area is 130 Å². The van der Waals surface area contributed by atoms with Crippen LogP contribution in [0.2, 0.25) is 0 Å². The second-order valence-electron chi connectivity index (χ2n) is 5.66. The van der Waals surface area contributed by atoms with E-state index in [1.165, 1.54) is 6.92 Å². The maximum atomic E-state index is 11.8. The summed E-state index contributed by atoms with van der Waals surface area (Å²) in [6, 6.07) is 0. The first-order chi connectivity index (χ1) is 7.63. The van der Waals surface area contributed by atoms with Gasteiger partial charge in [-0.05, 0) is 30.6 Å². The molecule has 0 radical (unpaired) electrons. The molecule has 2 fully saturated rings. The number of carbonyl (C=O) groups excluding carboxylic acids is 1. The fraction of sp³-hybridized carbons (Fsp3) is 0.909. The number of hydrogen-bond donors (Lipinski definition) is 1. The van der Waals surface area contributed by atoms with Crippen molar-refractivity contribution in [3.8, 4) is 0 Å². The summed E-state index contributed by atoms with van der Waals surface area (Å²) in [5.41, 5.74) is -0.555. The van der Waals surface area contributed by atoms with Gasteiger partial charge in [0.15, 0.2) is 0 Å². The van der Waals surface area contributed by atoms with Crippen molar-refractivity contribution in [1.82, 2.24) is 0 Å². The molecule has 0 amide bonds. The van der Waals surface area contributed by atoms with Gasteiger partial charge in [-0.1, -0.05) is 13.8 Å². The zero-order chi connectivity index (χ0) is 13.1. The van der Waals surface area contributed by atoms with E-state index in [-0.39, 0.29) is 35.5 Å². The van der Waals surface area contributed by atoms with E-state index in [2.05, 4.69) is 0 Å². The van der Waals surface area contributed by atoms with Crippen LogP contribution in [0.4, 0.5) is 0 Å². The SMILES string of the molecule is CC(=O)OC1CC2CCC1(S(=O)(=O)O)C2(C)C.[Na+]. The van der Waals surface area contributed by atoms with Crippen molar-refractivity contribution >= 4 is 16.1 Å². The molecule has 0 saturated heterocycles. The van der Waals surface area contributed by atoms with Crippen molar-refractivity contribution in [2.24, 2.45) is 11.3 Å². The molecular formula is C11H18NaO5S+. The van der Waals surface area contributed by atoms with Crippen molar-refractivity contribution in [2.45, 2.75) is 50.9 Å². The van der Waals surface area contributed by atoms with Crippen molar-refractivity contribution < 1.29 is 52.1 Å². The van der Waals surface area contributed by atoms with Crippen molar-refractivity contribution in [3.63, 3.8) is 0 Å². The number of carbonyl (C=O) groups is 1. The number of esters is 1. The van der Waals surface area contributed by atoms with Gasteiger partial charge in [0.1, 0.15) is 10.9 Å². The number of hydrogen-bond acceptors (Lipinski definition) is 4. The molecule has 2 bridgehead atoms. The Morgan fingerprint density at radius 3 is 2.33 bits per heavy atom. The van der Waals surface area contributed by atoms with Crippen LogP contribution >= 0.6 is 0 Å². The number of ether oxygens (including phenoxy) is 1. The topological polar surface area (TPSA) is 80.7 Å². The molecule has 0 aromatic carbocycles. The molecular weight excluding hydrogens is 267 g/mol. The summed E-state index contributed by atoms with van der Waals surface area (Å²) in [4.78, 5) is 11.1. The van der Waals surface area contributed by atoms with E-state index in [0.717, 1.165) is 6.42 Å². The number of rotatable bonds is 2. The van der Waals surface area contributed by atoms with Gasteiger partial charge >= 0.3 is 35.5 Å². The molecule has 0 heterocycles. The molecule has 3 atom stereocenters. The molecule has 98 valence electrons. The minimum absolute atomic E-state index is 0. The van der Waals surface area contributed by atoms with Gasteiger partial charge in [-0.3, -0.25) is 9.35 Å². The molecule has 0 spiro atoms. The summed E-state index contributed by atoms with van der Waals surface area (Å²) >= 11 is 0. The first kappa shape index (κ1) is 16.4. The summed E-state index contributed by atoms with van der Waals surface area (Å²) in [7, 11) is -4.25. The average molecular weight is 285 g/mol. The van der Waals surface area contributed by atoms with Crippen LogP contribution in [-0.4, -0.2) is 29.8 Å². The van der Waals surface area contributed by atoms with E-state index in [4.69, 9.17) is 4.74 Å². The fourth-order valence-electron chi connectivity index (χ4n) is 3.83. The van der Waals surface area contributed by atoms with Crippen LogP contribution in [0.15, 0.2) is 0 Å². The van der Waals surface area contributed by atoms with E-state index in [1.807, 2.05) is 13.8 Å². The van der Waals surface area contributed by atoms with Crippen LogP contribution < -0.4 is 29.6 Å². The van der Waals surface area contributed by atoms with E-state index in [0.29, 0.717) is 12.8 Å². The summed E-state index contributed by atoms with van der Waals surface area (Å²) < 4.78 is 37.0. The second kappa shape index (κ2) is 4.74. The fourth-order valence-corrected chi connectivity index (χ4v) is 5.51. The molecule has 1 N–H and O–H groups in total. The van der Waals surface area contributed by atoms with Gasteiger partial charge in [0.2, 0.25) is 0 Å². The van der Waals surface area contributed by atoms with Gasteiger partial charge in [-0.2, -0.15) is 8.42 Å². The zero-order valence-corrected chi connectivity index (χ0v) is 14.1. The predicted molar refractivity (Wildman–Crippen MR) is 61.0 cm³/mol. The minimum Gasteiger partial charge on any atom is -0.461 e. The smallest absolute Gasteiger partial charge is 0.461 e. The molecule has 7 heteroatoms. The van der Waals surface area contributed by atoms with E-state index < -0.39 is 32.4 Å². The molecule has 0 aliphatic heterocycles. The standard InChI is InChI=1S/C11H18O5S.Na/c1-7(12)16-9-6-8-4-5-11(9,10(8,2)3)17(13,14)15;/h8-9H,4-6H2,1-3H3,(H,13,14,15);/q;+1. The maximum absolute atomic E-state index is 11.8. The third-order valence-electron chi connectivity index (χ3n) is 4.76. The molecule has 2 rings (SSSR count). The normalized spacial score (nSPS) is 37.1. The first-order valence-electron chi connectivity index (χ1n) is 5.77. The maximum Gasteiger partial charge on any atom is 1.00 e. The van der Waals surface area contributed by atoms with Gasteiger partial charge in [-0.15, -0.1) is 0 Å². The van der Waals surface area contributed by atoms with Gasteiger partial charge in [0, 0.05) is 6.92 Å². The molecule has 5 nitrogen and oxygen atoms in total. The van der Waals surface area contributed by atoms with E-state index >= 15 is 0 Å². The van der Waals surface area contributed by atoms with Gasteiger partial charge in [-0.25, -0.2) is 0 Å². The largest absolute Gasteiger partial charge is 1.00 e. The number of fused-ring (bicyclic) bond motifs is 2. The van der Waals surface area contributed by atoms with Crippen LogP contribution in [0.25, 0.3) is 0 Å². The Kier molecular flexibility index (Phi) is 4.32. The Balaban J connectivity index is 0.00000162. The molecule has 3 unspecified atom stereocenters. The summed E-state index contributed by atoms with van der Waals surface area (Å²) in [5, 5.41) is 0. The van der Waals surface area contributed by atoms with Gasteiger partial charge in [0.05, 0.1) is 0 Å². The molecule has 2 saturated carbocycles. The van der Waals surface area contributed by atoms with Crippen molar-refractivity contribution in [2.75, 3.05) is 0 Å². The Morgan fingerprint density at radius 1 is 1.39 bits per heavy atom. The first-order valence-corrected chi connectivity index (χ1v) is 7.21. The molecule has 0 aromatic rings. The third kappa shape index (κ3) is 1.97. The molecule has 0 aromatic heterocycles. The quantitative estimate of drug-likeness (QED) is 0.375. The van der Waals surface area contributed by atoms with Crippen LogP contribution in [0.5, 0.6) is 0 Å². The Bertz CT molecular complexity index is 458. The molecule has 2 aliphatic rings. The van der Waals surface area contributed by atoms with Gasteiger partial charge < -0.3 is 4.74 Å². The molecule has 18 heavy (non-hydrogen) atoms. The second-order valence-corrected chi connectivity index (χ2v) is 7.33. The Hall–Kier alpha value is 0.380. The average Bonchev–Trinajstić information content (AvgIpc) is 2.49. The van der Waals surface area contributed by atoms with E-state index in [1.54, 1.807) is 0 Å². The van der Waals surface area contributed by atoms with Gasteiger partial charge in [0.25, 0.3) is 10.1 Å². The van der Waals surface area contributed by atoms with Crippen LogP contribution in [0.1, 0.15) is 40.0 Å². The van der Waals surface area contributed by atoms with Crippen molar-refractivity contribution in [1.29, 1.82) is 0 Å². The molecule has 2 aliphatic carbocycles. The van der Waals surface area contributed by atoms with Crippen LogP contribution in [0, 0.1) is 11.3 Å².